The molecule has 12 heteroatoms. The van der Waals surface area contributed by atoms with Crippen molar-refractivity contribution < 1.29 is 28.1 Å². The fourth-order valence-electron chi connectivity index (χ4n) is 7.05. The van der Waals surface area contributed by atoms with E-state index in [1.807, 2.05) is 6.92 Å². The maximum atomic E-state index is 16.6. The lowest BCUT2D eigenvalue weighted by Gasteiger charge is -2.33. The molecule has 3 saturated heterocycles. The molecule has 2 aromatic heterocycles. The number of hydrogen-bond acceptors (Lipinski definition) is 9. The Balaban J connectivity index is 1.37. The molecule has 0 amide bonds. The SMILES string of the molecule is CCc1c(F)ccc2cc(O)cc(-c3ncc4c(N5CC(O)CCN5)nc(OC[C@@]56CCCN5C[C@H](F)C6)nc4c3F)c12. The molecular formula is C31H33F3N6O3. The number of halogens is 3. The van der Waals surface area contributed by atoms with Crippen molar-refractivity contribution in [2.24, 2.45) is 0 Å². The van der Waals surface area contributed by atoms with Crippen LogP contribution in [-0.2, 0) is 6.42 Å². The second-order valence-electron chi connectivity index (χ2n) is 11.8. The van der Waals surface area contributed by atoms with E-state index in [2.05, 4.69) is 25.3 Å². The molecule has 3 atom stereocenters. The van der Waals surface area contributed by atoms with Gasteiger partial charge in [-0.05, 0) is 66.8 Å². The molecule has 3 aliphatic rings. The molecule has 1 unspecified atom stereocenters. The quantitative estimate of drug-likeness (QED) is 0.299. The van der Waals surface area contributed by atoms with Crippen molar-refractivity contribution in [1.82, 2.24) is 25.3 Å². The van der Waals surface area contributed by atoms with E-state index in [1.54, 1.807) is 11.1 Å². The molecule has 5 heterocycles. The van der Waals surface area contributed by atoms with Gasteiger partial charge in [0.2, 0.25) is 0 Å². The first-order valence-electron chi connectivity index (χ1n) is 14.8. The normalized spacial score (nSPS) is 24.3. The number of nitrogens with zero attached hydrogens (tertiary/aromatic N) is 5. The number of anilines is 1. The second-order valence-corrected chi connectivity index (χ2v) is 11.8. The van der Waals surface area contributed by atoms with Crippen LogP contribution in [0.5, 0.6) is 11.8 Å². The van der Waals surface area contributed by atoms with E-state index in [1.165, 1.54) is 24.4 Å². The van der Waals surface area contributed by atoms with Gasteiger partial charge in [0.25, 0.3) is 0 Å². The summed E-state index contributed by atoms with van der Waals surface area (Å²) in [5.41, 5.74) is 3.17. The summed E-state index contributed by atoms with van der Waals surface area (Å²) in [6.07, 6.45) is 2.87. The molecule has 3 fully saturated rings. The van der Waals surface area contributed by atoms with Gasteiger partial charge in [0.05, 0.1) is 23.6 Å². The Bertz CT molecular complexity index is 1720. The molecule has 4 aromatic rings. The number of hydrogen-bond donors (Lipinski definition) is 3. The van der Waals surface area contributed by atoms with Crippen molar-refractivity contribution in [2.75, 3.05) is 37.8 Å². The molecule has 0 aliphatic carbocycles. The Morgan fingerprint density at radius 1 is 1.19 bits per heavy atom. The Morgan fingerprint density at radius 2 is 2.05 bits per heavy atom. The van der Waals surface area contributed by atoms with Gasteiger partial charge < -0.3 is 14.9 Å². The van der Waals surface area contributed by atoms with Gasteiger partial charge in [-0.3, -0.25) is 14.9 Å². The molecule has 43 heavy (non-hydrogen) atoms. The van der Waals surface area contributed by atoms with Gasteiger partial charge in [-0.25, -0.2) is 18.6 Å². The van der Waals surface area contributed by atoms with Crippen LogP contribution < -0.4 is 15.2 Å². The number of phenolic OH excluding ortho intramolecular Hbond substituents is 1. The van der Waals surface area contributed by atoms with Crippen molar-refractivity contribution in [3.8, 4) is 23.0 Å². The Labute approximate surface area is 246 Å². The van der Waals surface area contributed by atoms with E-state index >= 15 is 4.39 Å². The van der Waals surface area contributed by atoms with Gasteiger partial charge in [-0.1, -0.05) is 13.0 Å². The molecule has 226 valence electrons. The lowest BCUT2D eigenvalue weighted by molar-refractivity contribution is 0.107. The number of ether oxygens (including phenoxy) is 1. The Kier molecular flexibility index (Phi) is 7.02. The lowest BCUT2D eigenvalue weighted by Crippen LogP contribution is -2.50. The Morgan fingerprint density at radius 3 is 2.86 bits per heavy atom. The van der Waals surface area contributed by atoms with Gasteiger partial charge in [0.15, 0.2) is 11.6 Å². The minimum absolute atomic E-state index is 0.0756. The van der Waals surface area contributed by atoms with Gasteiger partial charge in [0, 0.05) is 31.3 Å². The zero-order chi connectivity index (χ0) is 29.9. The largest absolute Gasteiger partial charge is 0.508 e. The number of alkyl halides is 1. The number of aliphatic hydroxyl groups excluding tert-OH is 1. The summed E-state index contributed by atoms with van der Waals surface area (Å²) in [4.78, 5) is 15.6. The highest BCUT2D eigenvalue weighted by Crippen LogP contribution is 2.41. The van der Waals surface area contributed by atoms with Crippen LogP contribution in [0.4, 0.5) is 19.0 Å². The zero-order valence-electron chi connectivity index (χ0n) is 23.8. The van der Waals surface area contributed by atoms with Crippen LogP contribution in [0.3, 0.4) is 0 Å². The van der Waals surface area contributed by atoms with Crippen LogP contribution >= 0.6 is 0 Å². The van der Waals surface area contributed by atoms with E-state index < -0.39 is 29.4 Å². The predicted octanol–water partition coefficient (Wildman–Crippen LogP) is 4.42. The van der Waals surface area contributed by atoms with Crippen LogP contribution in [0.2, 0.25) is 0 Å². The number of aromatic nitrogens is 3. The first-order chi connectivity index (χ1) is 20.8. The van der Waals surface area contributed by atoms with Gasteiger partial charge in [-0.15, -0.1) is 0 Å². The molecule has 0 spiro atoms. The van der Waals surface area contributed by atoms with Crippen LogP contribution in [0.1, 0.15) is 38.2 Å². The molecular weight excluding hydrogens is 561 g/mol. The van der Waals surface area contributed by atoms with Gasteiger partial charge in [-0.2, -0.15) is 9.97 Å². The van der Waals surface area contributed by atoms with Crippen LogP contribution in [0.15, 0.2) is 30.5 Å². The van der Waals surface area contributed by atoms with E-state index in [0.717, 1.165) is 19.4 Å². The number of phenols is 1. The molecule has 3 aliphatic heterocycles. The topological polar surface area (TPSA) is 107 Å². The fraction of sp³-hybridized carbons (Fsp3) is 0.452. The van der Waals surface area contributed by atoms with Crippen molar-refractivity contribution in [3.63, 3.8) is 0 Å². The second kappa shape index (κ2) is 10.8. The predicted molar refractivity (Wildman–Crippen MR) is 156 cm³/mol. The molecule has 0 bridgehead atoms. The number of aromatic hydroxyl groups is 1. The van der Waals surface area contributed by atoms with E-state index in [4.69, 9.17) is 4.74 Å². The highest BCUT2D eigenvalue weighted by atomic mass is 19.1. The smallest absolute Gasteiger partial charge is 0.319 e. The zero-order valence-corrected chi connectivity index (χ0v) is 23.8. The summed E-state index contributed by atoms with van der Waals surface area (Å²) in [7, 11) is 0. The summed E-state index contributed by atoms with van der Waals surface area (Å²) >= 11 is 0. The minimum atomic E-state index is -0.933. The summed E-state index contributed by atoms with van der Waals surface area (Å²) < 4.78 is 52.0. The first-order valence-corrected chi connectivity index (χ1v) is 14.8. The minimum Gasteiger partial charge on any atom is -0.508 e. The Hall–Kier alpha value is -3.74. The van der Waals surface area contributed by atoms with Gasteiger partial charge in [0.1, 0.15) is 35.6 Å². The number of aryl methyl sites for hydroxylation is 1. The van der Waals surface area contributed by atoms with E-state index in [-0.39, 0.29) is 52.9 Å². The molecule has 2 aromatic carbocycles. The molecule has 9 nitrogen and oxygen atoms in total. The highest BCUT2D eigenvalue weighted by Gasteiger charge is 2.49. The van der Waals surface area contributed by atoms with Crippen LogP contribution in [-0.4, -0.2) is 80.7 Å². The third-order valence-corrected chi connectivity index (χ3v) is 9.07. The van der Waals surface area contributed by atoms with E-state index in [9.17, 15) is 19.0 Å². The first kappa shape index (κ1) is 28.1. The summed E-state index contributed by atoms with van der Waals surface area (Å²) in [5, 5.41) is 23.8. The van der Waals surface area contributed by atoms with Crippen molar-refractivity contribution in [1.29, 1.82) is 0 Å². The number of hydrazine groups is 1. The number of β-amino-alcohol motifs (C(OH)–C–C–N with tert-alkyl or cyclic N) is 1. The molecule has 0 radical (unpaired) electrons. The molecule has 3 N–H and O–H groups in total. The monoisotopic (exact) mass is 594 g/mol. The standard InChI is InChI=1S/C31H33F3N6O3/c1-2-21-24(33)5-4-17-10-20(42)11-22(25(17)21)27-26(34)28-23(13-35-27)29(40-15-19(41)6-8-36-40)38-30(37-28)43-16-31-7-3-9-39(31)14-18(32)12-31/h4-5,10-11,13,18-19,36,41-42H,2-3,6-9,12,14-16H2,1H3/t18-,19?,31+/m1/s1. The average Bonchev–Trinajstić information content (AvgIpc) is 3.51. The number of aliphatic hydroxyl groups is 1. The third-order valence-electron chi connectivity index (χ3n) is 9.07. The summed E-state index contributed by atoms with van der Waals surface area (Å²) in [6.45, 7) is 3.81. The van der Waals surface area contributed by atoms with Crippen LogP contribution in [0.25, 0.3) is 32.9 Å². The summed E-state index contributed by atoms with van der Waals surface area (Å²) in [6, 6.07) is 5.68. The summed E-state index contributed by atoms with van der Waals surface area (Å²) in [5.74, 6) is -1.04. The number of benzene rings is 2. The number of nitrogens with one attached hydrogen (secondary N) is 1. The number of pyridine rings is 1. The van der Waals surface area contributed by atoms with Crippen LogP contribution in [0, 0.1) is 11.6 Å². The molecule has 7 rings (SSSR count). The van der Waals surface area contributed by atoms with Crippen molar-refractivity contribution >= 4 is 27.5 Å². The van der Waals surface area contributed by atoms with Crippen molar-refractivity contribution in [3.05, 3.63) is 47.7 Å². The third kappa shape index (κ3) is 4.81. The van der Waals surface area contributed by atoms with Gasteiger partial charge >= 0.3 is 6.01 Å². The maximum absolute atomic E-state index is 16.6. The van der Waals surface area contributed by atoms with E-state index in [0.29, 0.717) is 48.7 Å². The number of fused-ring (bicyclic) bond motifs is 3. The maximum Gasteiger partial charge on any atom is 0.319 e. The lowest BCUT2D eigenvalue weighted by atomic mass is 9.94. The van der Waals surface area contributed by atoms with Crippen molar-refractivity contribution in [2.45, 2.75) is 56.8 Å². The fourth-order valence-corrected chi connectivity index (χ4v) is 7.05. The number of rotatable bonds is 6. The molecule has 0 saturated carbocycles. The average molecular weight is 595 g/mol. The highest BCUT2D eigenvalue weighted by molar-refractivity contribution is 6.01.